The largest absolute Gasteiger partial charge is 0.472 e. The molecule has 0 spiro atoms. The van der Waals surface area contributed by atoms with E-state index in [1.165, 1.54) is 11.8 Å². The van der Waals surface area contributed by atoms with Gasteiger partial charge in [0.15, 0.2) is 5.16 Å². The fourth-order valence-corrected chi connectivity index (χ4v) is 1.43. The molecule has 0 amide bonds. The monoisotopic (exact) mass is 232 g/mol. The molecule has 0 aliphatic rings. The molecule has 0 N–H and O–H groups in total. The van der Waals surface area contributed by atoms with Gasteiger partial charge >= 0.3 is 0 Å². The van der Waals surface area contributed by atoms with E-state index in [1.807, 2.05) is 27.0 Å². The topological polar surface area (TPSA) is 35.0 Å². The summed E-state index contributed by atoms with van der Waals surface area (Å²) in [6, 6.07) is 1.62. The number of ether oxygens (including phenoxy) is 1. The van der Waals surface area contributed by atoms with Crippen molar-refractivity contribution < 1.29 is 4.74 Å². The molecule has 1 rings (SSSR count). The first-order valence-corrected chi connectivity index (χ1v) is 5.78. The summed E-state index contributed by atoms with van der Waals surface area (Å²) >= 11 is 7.25. The van der Waals surface area contributed by atoms with Crippen LogP contribution in [0.1, 0.15) is 20.8 Å². The number of hydrogen-bond donors (Lipinski definition) is 0. The van der Waals surface area contributed by atoms with E-state index in [0.29, 0.717) is 16.2 Å². The minimum atomic E-state index is -0.270. The minimum Gasteiger partial charge on any atom is -0.472 e. The van der Waals surface area contributed by atoms with Crippen LogP contribution < -0.4 is 4.74 Å². The molecule has 5 heteroatoms. The SMILES string of the molecule is CSc1nc(Cl)cc(OC(C)(C)C)n1. The van der Waals surface area contributed by atoms with Crippen LogP contribution in [0.25, 0.3) is 0 Å². The molecule has 0 aliphatic heterocycles. The Balaban J connectivity index is 2.92. The summed E-state index contributed by atoms with van der Waals surface area (Å²) in [6.45, 7) is 5.88. The zero-order chi connectivity index (χ0) is 10.8. The quantitative estimate of drug-likeness (QED) is 0.446. The molecule has 1 aromatic rings. The molecule has 0 unspecified atom stereocenters. The Hall–Kier alpha value is -0.480. The lowest BCUT2D eigenvalue weighted by Gasteiger charge is -2.20. The van der Waals surface area contributed by atoms with Gasteiger partial charge in [-0.2, -0.15) is 4.98 Å². The van der Waals surface area contributed by atoms with E-state index in [1.54, 1.807) is 6.07 Å². The van der Waals surface area contributed by atoms with Gasteiger partial charge in [-0.3, -0.25) is 0 Å². The van der Waals surface area contributed by atoms with Crippen LogP contribution in [0.4, 0.5) is 0 Å². The zero-order valence-electron chi connectivity index (χ0n) is 8.67. The van der Waals surface area contributed by atoms with Crippen LogP contribution in [-0.2, 0) is 0 Å². The Morgan fingerprint density at radius 3 is 2.50 bits per heavy atom. The highest BCUT2D eigenvalue weighted by Crippen LogP contribution is 2.21. The van der Waals surface area contributed by atoms with Crippen LogP contribution in [0.2, 0.25) is 5.15 Å². The van der Waals surface area contributed by atoms with Crippen LogP contribution in [0.3, 0.4) is 0 Å². The van der Waals surface area contributed by atoms with Gasteiger partial charge in [0.2, 0.25) is 5.88 Å². The van der Waals surface area contributed by atoms with Gasteiger partial charge in [-0.1, -0.05) is 23.4 Å². The zero-order valence-corrected chi connectivity index (χ0v) is 10.2. The Morgan fingerprint density at radius 2 is 2.00 bits per heavy atom. The summed E-state index contributed by atoms with van der Waals surface area (Å²) in [5.74, 6) is 0.516. The summed E-state index contributed by atoms with van der Waals surface area (Å²) < 4.78 is 5.58. The van der Waals surface area contributed by atoms with Crippen molar-refractivity contribution in [3.05, 3.63) is 11.2 Å². The van der Waals surface area contributed by atoms with Crippen molar-refractivity contribution in [2.24, 2.45) is 0 Å². The predicted molar refractivity (Wildman–Crippen MR) is 59.2 cm³/mol. The number of rotatable bonds is 2. The molecule has 0 aromatic carbocycles. The maximum atomic E-state index is 5.81. The first-order valence-electron chi connectivity index (χ1n) is 4.18. The van der Waals surface area contributed by atoms with Crippen molar-refractivity contribution in [1.82, 2.24) is 9.97 Å². The van der Waals surface area contributed by atoms with Crippen LogP contribution in [0.5, 0.6) is 5.88 Å². The van der Waals surface area contributed by atoms with Crippen LogP contribution in [-0.4, -0.2) is 21.8 Å². The second-order valence-electron chi connectivity index (χ2n) is 3.73. The second-order valence-corrected chi connectivity index (χ2v) is 4.89. The Bertz CT molecular complexity index is 325. The van der Waals surface area contributed by atoms with Gasteiger partial charge in [0.25, 0.3) is 0 Å². The summed E-state index contributed by atoms with van der Waals surface area (Å²) in [4.78, 5) is 8.20. The normalized spacial score (nSPS) is 11.5. The highest BCUT2D eigenvalue weighted by molar-refractivity contribution is 7.98. The van der Waals surface area contributed by atoms with Crippen molar-refractivity contribution in [2.45, 2.75) is 31.5 Å². The molecule has 0 saturated heterocycles. The van der Waals surface area contributed by atoms with Gasteiger partial charge in [0.1, 0.15) is 10.8 Å². The van der Waals surface area contributed by atoms with Crippen molar-refractivity contribution in [1.29, 1.82) is 0 Å². The molecule has 0 bridgehead atoms. The number of nitrogens with zero attached hydrogens (tertiary/aromatic N) is 2. The number of hydrogen-bond acceptors (Lipinski definition) is 4. The second kappa shape index (κ2) is 4.36. The van der Waals surface area contributed by atoms with Gasteiger partial charge in [-0.25, -0.2) is 4.98 Å². The molecule has 3 nitrogen and oxygen atoms in total. The highest BCUT2D eigenvalue weighted by Gasteiger charge is 2.14. The first kappa shape index (κ1) is 11.6. The smallest absolute Gasteiger partial charge is 0.219 e. The molecular formula is C9H13ClN2OS. The van der Waals surface area contributed by atoms with E-state index in [-0.39, 0.29) is 5.60 Å². The van der Waals surface area contributed by atoms with Gasteiger partial charge in [0, 0.05) is 6.07 Å². The molecule has 0 atom stereocenters. The Morgan fingerprint density at radius 1 is 1.36 bits per heavy atom. The van der Waals surface area contributed by atoms with E-state index in [0.717, 1.165) is 0 Å². The molecular weight excluding hydrogens is 220 g/mol. The molecule has 1 aromatic heterocycles. The van der Waals surface area contributed by atoms with Crippen LogP contribution in [0, 0.1) is 0 Å². The van der Waals surface area contributed by atoms with Gasteiger partial charge in [0.05, 0.1) is 0 Å². The van der Waals surface area contributed by atoms with Crippen molar-refractivity contribution >= 4 is 23.4 Å². The molecule has 78 valence electrons. The average molecular weight is 233 g/mol. The third-order valence-electron chi connectivity index (χ3n) is 1.24. The Kier molecular flexibility index (Phi) is 3.61. The maximum absolute atomic E-state index is 5.81. The summed E-state index contributed by atoms with van der Waals surface area (Å²) in [5, 5.41) is 1.03. The molecule has 1 heterocycles. The molecule has 0 radical (unpaired) electrons. The van der Waals surface area contributed by atoms with Gasteiger partial charge in [-0.05, 0) is 27.0 Å². The van der Waals surface area contributed by atoms with Crippen LogP contribution >= 0.6 is 23.4 Å². The third kappa shape index (κ3) is 3.72. The fourth-order valence-electron chi connectivity index (χ4n) is 0.834. The van der Waals surface area contributed by atoms with E-state index in [2.05, 4.69) is 9.97 Å². The molecule has 0 fully saturated rings. The van der Waals surface area contributed by atoms with E-state index < -0.39 is 0 Å². The maximum Gasteiger partial charge on any atom is 0.219 e. The van der Waals surface area contributed by atoms with Crippen molar-refractivity contribution in [2.75, 3.05) is 6.26 Å². The minimum absolute atomic E-state index is 0.270. The third-order valence-corrected chi connectivity index (χ3v) is 1.99. The number of halogens is 1. The molecule has 14 heavy (non-hydrogen) atoms. The van der Waals surface area contributed by atoms with Crippen molar-refractivity contribution in [3.8, 4) is 5.88 Å². The van der Waals surface area contributed by atoms with Crippen LogP contribution in [0.15, 0.2) is 11.2 Å². The Labute approximate surface area is 93.2 Å². The fraction of sp³-hybridized carbons (Fsp3) is 0.556. The molecule has 0 saturated carbocycles. The first-order chi connectivity index (χ1) is 6.40. The lowest BCUT2D eigenvalue weighted by atomic mass is 10.2. The number of thioether (sulfide) groups is 1. The van der Waals surface area contributed by atoms with E-state index >= 15 is 0 Å². The van der Waals surface area contributed by atoms with E-state index in [4.69, 9.17) is 16.3 Å². The van der Waals surface area contributed by atoms with Gasteiger partial charge < -0.3 is 4.74 Å². The standard InChI is InChI=1S/C9H13ClN2OS/c1-9(2,3)13-7-5-6(10)11-8(12-7)14-4/h5H,1-4H3. The average Bonchev–Trinajstić information content (AvgIpc) is 1.99. The van der Waals surface area contributed by atoms with E-state index in [9.17, 15) is 0 Å². The summed E-state index contributed by atoms with van der Waals surface area (Å²) in [5.41, 5.74) is -0.270. The molecule has 0 aliphatic carbocycles. The lowest BCUT2D eigenvalue weighted by molar-refractivity contribution is 0.123. The van der Waals surface area contributed by atoms with Crippen molar-refractivity contribution in [3.63, 3.8) is 0 Å². The van der Waals surface area contributed by atoms with Gasteiger partial charge in [-0.15, -0.1) is 0 Å². The highest BCUT2D eigenvalue weighted by atomic mass is 35.5. The predicted octanol–water partition coefficient (Wildman–Crippen LogP) is 3.03. The lowest BCUT2D eigenvalue weighted by Crippen LogP contribution is -2.23. The number of aromatic nitrogens is 2. The summed E-state index contributed by atoms with van der Waals surface area (Å²) in [6.07, 6.45) is 1.90. The summed E-state index contributed by atoms with van der Waals surface area (Å²) in [7, 11) is 0.